The number of amides is 3. The van der Waals surface area contributed by atoms with E-state index in [0.29, 0.717) is 25.3 Å². The molecule has 1 atom stereocenters. The number of nitrogens with zero attached hydrogens (tertiary/aromatic N) is 2. The SMILES string of the molecule is CCN(Cc1ccccc1NC(=O)C1CC(=O)N(c2cccc(Br)c2)C1)C(C)=O. The van der Waals surface area contributed by atoms with Gasteiger partial charge in [0.1, 0.15) is 0 Å². The Morgan fingerprint density at radius 2 is 1.97 bits per heavy atom. The lowest BCUT2D eigenvalue weighted by molar-refractivity contribution is -0.129. The van der Waals surface area contributed by atoms with Crippen molar-refractivity contribution < 1.29 is 14.4 Å². The molecule has 0 aliphatic carbocycles. The van der Waals surface area contributed by atoms with Crippen molar-refractivity contribution in [3.8, 4) is 0 Å². The molecule has 0 saturated carbocycles. The average molecular weight is 458 g/mol. The molecule has 1 saturated heterocycles. The highest BCUT2D eigenvalue weighted by atomic mass is 79.9. The third-order valence-corrected chi connectivity index (χ3v) is 5.57. The lowest BCUT2D eigenvalue weighted by Gasteiger charge is -2.21. The van der Waals surface area contributed by atoms with Crippen LogP contribution in [0.3, 0.4) is 0 Å². The first kappa shape index (κ1) is 21.0. The molecular weight excluding hydrogens is 434 g/mol. The molecule has 2 aromatic carbocycles. The Balaban J connectivity index is 1.71. The number of carbonyl (C=O) groups excluding carboxylic acids is 3. The largest absolute Gasteiger partial charge is 0.339 e. The maximum absolute atomic E-state index is 12.9. The number of hydrogen-bond donors (Lipinski definition) is 1. The van der Waals surface area contributed by atoms with E-state index >= 15 is 0 Å². The van der Waals surface area contributed by atoms with Gasteiger partial charge in [0.05, 0.1) is 5.92 Å². The van der Waals surface area contributed by atoms with Gasteiger partial charge in [-0.05, 0) is 36.8 Å². The standard InChI is InChI=1S/C22H24BrN3O3/c1-3-25(15(2)27)13-16-7-4-5-10-20(16)24-22(29)17-11-21(28)26(14-17)19-9-6-8-18(23)12-19/h4-10,12,17H,3,11,13-14H2,1-2H3,(H,24,29). The van der Waals surface area contributed by atoms with Gasteiger partial charge in [0.15, 0.2) is 0 Å². The molecule has 152 valence electrons. The van der Waals surface area contributed by atoms with Crippen molar-refractivity contribution in [3.05, 3.63) is 58.6 Å². The molecule has 3 amide bonds. The molecule has 1 aliphatic rings. The van der Waals surface area contributed by atoms with E-state index in [1.54, 1.807) is 9.80 Å². The van der Waals surface area contributed by atoms with Crippen LogP contribution in [0.15, 0.2) is 53.0 Å². The van der Waals surface area contributed by atoms with Crippen LogP contribution in [-0.2, 0) is 20.9 Å². The van der Waals surface area contributed by atoms with E-state index in [1.807, 2.05) is 55.5 Å². The highest BCUT2D eigenvalue weighted by molar-refractivity contribution is 9.10. The zero-order chi connectivity index (χ0) is 21.0. The van der Waals surface area contributed by atoms with E-state index in [1.165, 1.54) is 6.92 Å². The van der Waals surface area contributed by atoms with Gasteiger partial charge in [-0.2, -0.15) is 0 Å². The molecule has 2 aromatic rings. The fourth-order valence-electron chi connectivity index (χ4n) is 3.44. The fourth-order valence-corrected chi connectivity index (χ4v) is 3.83. The number of benzene rings is 2. The predicted octanol–water partition coefficient (Wildman–Crippen LogP) is 3.81. The van der Waals surface area contributed by atoms with Gasteiger partial charge in [0.2, 0.25) is 17.7 Å². The normalized spacial score (nSPS) is 16.0. The lowest BCUT2D eigenvalue weighted by atomic mass is 10.1. The molecule has 0 aromatic heterocycles. The van der Waals surface area contributed by atoms with Crippen molar-refractivity contribution in [1.29, 1.82) is 0 Å². The Bertz CT molecular complexity index is 931. The smallest absolute Gasteiger partial charge is 0.229 e. The second-order valence-electron chi connectivity index (χ2n) is 7.06. The molecule has 29 heavy (non-hydrogen) atoms. The number of carbonyl (C=O) groups is 3. The van der Waals surface area contributed by atoms with Gasteiger partial charge in [-0.25, -0.2) is 0 Å². The zero-order valence-electron chi connectivity index (χ0n) is 16.5. The fraction of sp³-hybridized carbons (Fsp3) is 0.318. The van der Waals surface area contributed by atoms with Crippen molar-refractivity contribution in [2.75, 3.05) is 23.3 Å². The number of rotatable bonds is 6. The van der Waals surface area contributed by atoms with Crippen LogP contribution >= 0.6 is 15.9 Å². The maximum atomic E-state index is 12.9. The van der Waals surface area contributed by atoms with Gasteiger partial charge in [-0.1, -0.05) is 40.2 Å². The summed E-state index contributed by atoms with van der Waals surface area (Å²) in [5.74, 6) is -0.691. The first-order valence-electron chi connectivity index (χ1n) is 9.59. The van der Waals surface area contributed by atoms with E-state index in [-0.39, 0.29) is 24.1 Å². The minimum absolute atomic E-state index is 0.0142. The van der Waals surface area contributed by atoms with Gasteiger partial charge in [0.25, 0.3) is 0 Å². The van der Waals surface area contributed by atoms with Crippen LogP contribution in [0.2, 0.25) is 0 Å². The first-order chi connectivity index (χ1) is 13.9. The van der Waals surface area contributed by atoms with Crippen LogP contribution in [-0.4, -0.2) is 35.7 Å². The van der Waals surface area contributed by atoms with Crippen LogP contribution < -0.4 is 10.2 Å². The van der Waals surface area contributed by atoms with Crippen LogP contribution in [0.4, 0.5) is 11.4 Å². The molecule has 1 aliphatic heterocycles. The summed E-state index contributed by atoms with van der Waals surface area (Å²) in [6, 6.07) is 14.9. The molecule has 1 fully saturated rings. The van der Waals surface area contributed by atoms with E-state index in [0.717, 1.165) is 15.7 Å². The third-order valence-electron chi connectivity index (χ3n) is 5.08. The monoisotopic (exact) mass is 457 g/mol. The Morgan fingerprint density at radius 1 is 1.21 bits per heavy atom. The highest BCUT2D eigenvalue weighted by Gasteiger charge is 2.35. The van der Waals surface area contributed by atoms with Gasteiger partial charge in [-0.15, -0.1) is 0 Å². The molecule has 1 unspecified atom stereocenters. The Morgan fingerprint density at radius 3 is 2.66 bits per heavy atom. The summed E-state index contributed by atoms with van der Waals surface area (Å²) >= 11 is 3.42. The number of hydrogen-bond acceptors (Lipinski definition) is 3. The minimum atomic E-state index is -0.426. The van der Waals surface area contributed by atoms with Crippen molar-refractivity contribution in [1.82, 2.24) is 4.90 Å². The van der Waals surface area contributed by atoms with Gasteiger partial charge in [-0.3, -0.25) is 14.4 Å². The molecule has 0 radical (unpaired) electrons. The summed E-state index contributed by atoms with van der Waals surface area (Å²) in [5, 5.41) is 2.96. The molecule has 1 N–H and O–H groups in total. The highest BCUT2D eigenvalue weighted by Crippen LogP contribution is 2.28. The summed E-state index contributed by atoms with van der Waals surface area (Å²) in [4.78, 5) is 40.4. The van der Waals surface area contributed by atoms with Gasteiger partial charge < -0.3 is 15.1 Å². The molecule has 1 heterocycles. The molecule has 6 nitrogen and oxygen atoms in total. The topological polar surface area (TPSA) is 69.7 Å². The van der Waals surface area contributed by atoms with E-state index < -0.39 is 5.92 Å². The second kappa shape index (κ2) is 9.22. The van der Waals surface area contributed by atoms with Crippen LogP contribution in [0.5, 0.6) is 0 Å². The number of para-hydroxylation sites is 1. The van der Waals surface area contributed by atoms with Crippen molar-refractivity contribution in [2.24, 2.45) is 5.92 Å². The Labute approximate surface area is 179 Å². The van der Waals surface area contributed by atoms with Crippen LogP contribution in [0.25, 0.3) is 0 Å². The lowest BCUT2D eigenvalue weighted by Crippen LogP contribution is -2.30. The average Bonchev–Trinajstić information content (AvgIpc) is 3.09. The van der Waals surface area contributed by atoms with Crippen LogP contribution in [0, 0.1) is 5.92 Å². The summed E-state index contributed by atoms with van der Waals surface area (Å²) in [5.41, 5.74) is 2.32. The summed E-state index contributed by atoms with van der Waals surface area (Å²) in [7, 11) is 0. The second-order valence-corrected chi connectivity index (χ2v) is 7.98. The zero-order valence-corrected chi connectivity index (χ0v) is 18.1. The summed E-state index contributed by atoms with van der Waals surface area (Å²) in [6.07, 6.45) is 0.176. The summed E-state index contributed by atoms with van der Waals surface area (Å²) < 4.78 is 0.885. The number of nitrogens with one attached hydrogen (secondary N) is 1. The number of halogens is 1. The molecular formula is C22H24BrN3O3. The molecule has 0 spiro atoms. The third kappa shape index (κ3) is 5.03. The van der Waals surface area contributed by atoms with Crippen molar-refractivity contribution in [3.63, 3.8) is 0 Å². The predicted molar refractivity (Wildman–Crippen MR) is 116 cm³/mol. The maximum Gasteiger partial charge on any atom is 0.229 e. The van der Waals surface area contributed by atoms with E-state index in [4.69, 9.17) is 0 Å². The van der Waals surface area contributed by atoms with Gasteiger partial charge in [0, 0.05) is 48.8 Å². The van der Waals surface area contributed by atoms with Crippen LogP contribution in [0.1, 0.15) is 25.8 Å². The quantitative estimate of drug-likeness (QED) is 0.716. The first-order valence-corrected chi connectivity index (χ1v) is 10.4. The Kier molecular flexibility index (Phi) is 6.69. The van der Waals surface area contributed by atoms with Crippen molar-refractivity contribution in [2.45, 2.75) is 26.8 Å². The molecule has 0 bridgehead atoms. The summed E-state index contributed by atoms with van der Waals surface area (Å²) in [6.45, 7) is 4.82. The van der Waals surface area contributed by atoms with Crippen molar-refractivity contribution >= 4 is 45.0 Å². The Hall–Kier alpha value is -2.67. The minimum Gasteiger partial charge on any atom is -0.339 e. The van der Waals surface area contributed by atoms with E-state index in [9.17, 15) is 14.4 Å². The van der Waals surface area contributed by atoms with Gasteiger partial charge >= 0.3 is 0 Å². The number of anilines is 2. The molecule has 7 heteroatoms. The molecule has 3 rings (SSSR count). The van der Waals surface area contributed by atoms with E-state index in [2.05, 4.69) is 21.2 Å².